The fourth-order valence-electron chi connectivity index (χ4n) is 2.61. The Balaban J connectivity index is 2.55. The Morgan fingerprint density at radius 2 is 1.95 bits per heavy atom. The van der Waals surface area contributed by atoms with Crippen molar-refractivity contribution in [3.63, 3.8) is 0 Å². The van der Waals surface area contributed by atoms with Gasteiger partial charge in [-0.05, 0) is 36.8 Å². The molecule has 0 atom stereocenters. The van der Waals surface area contributed by atoms with Crippen LogP contribution in [-0.4, -0.2) is 9.67 Å². The summed E-state index contributed by atoms with van der Waals surface area (Å²) < 4.78 is 15.8. The molecule has 0 spiro atoms. The first-order valence-corrected chi connectivity index (χ1v) is 6.54. The molecule has 98 valence electrons. The molecule has 3 aromatic rings. The molecule has 0 bridgehead atoms. The lowest BCUT2D eigenvalue weighted by atomic mass is 10.1. The van der Waals surface area contributed by atoms with Gasteiger partial charge in [0.05, 0.1) is 17.1 Å². The Morgan fingerprint density at radius 3 is 2.63 bits per heavy atom. The summed E-state index contributed by atoms with van der Waals surface area (Å²) in [6, 6.07) is 8.83. The molecule has 0 saturated carbocycles. The molecule has 0 aliphatic carbocycles. The highest BCUT2D eigenvalue weighted by Crippen LogP contribution is 2.36. The lowest BCUT2D eigenvalue weighted by Gasteiger charge is -2.03. The molecule has 0 saturated heterocycles. The Kier molecular flexibility index (Phi) is 2.96. The van der Waals surface area contributed by atoms with Gasteiger partial charge in [-0.3, -0.25) is 0 Å². The molecule has 1 aromatic heterocycles. The molecule has 19 heavy (non-hydrogen) atoms. The van der Waals surface area contributed by atoms with Crippen LogP contribution in [0.5, 0.6) is 0 Å². The fraction of sp³-hybridized carbons (Fsp3) is 0.200. The molecule has 4 heteroatoms. The van der Waals surface area contributed by atoms with Crippen LogP contribution < -0.4 is 0 Å². The quantitative estimate of drug-likeness (QED) is 0.749. The summed E-state index contributed by atoms with van der Waals surface area (Å²) >= 11 is 6.12. The summed E-state index contributed by atoms with van der Waals surface area (Å²) in [7, 11) is 0. The van der Waals surface area contributed by atoms with Gasteiger partial charge in [-0.25, -0.2) is 4.39 Å². The van der Waals surface area contributed by atoms with Crippen LogP contribution in [0.4, 0.5) is 4.39 Å². The van der Waals surface area contributed by atoms with Gasteiger partial charge in [0.2, 0.25) is 0 Å². The highest BCUT2D eigenvalue weighted by molar-refractivity contribution is 6.38. The van der Waals surface area contributed by atoms with Gasteiger partial charge < -0.3 is 9.67 Å². The van der Waals surface area contributed by atoms with Crippen molar-refractivity contribution >= 4 is 33.4 Å². The molecule has 0 aliphatic heterocycles. The van der Waals surface area contributed by atoms with E-state index < -0.39 is 5.82 Å². The predicted molar refractivity (Wildman–Crippen MR) is 76.0 cm³/mol. The molecule has 2 aromatic carbocycles. The van der Waals surface area contributed by atoms with Crippen LogP contribution >= 0.6 is 11.6 Å². The van der Waals surface area contributed by atoms with Gasteiger partial charge in [-0.1, -0.05) is 17.7 Å². The molecule has 0 fully saturated rings. The summed E-state index contributed by atoms with van der Waals surface area (Å²) in [5.41, 5.74) is 2.71. The van der Waals surface area contributed by atoms with E-state index in [4.69, 9.17) is 11.6 Å². The van der Waals surface area contributed by atoms with Crippen LogP contribution in [0.1, 0.15) is 12.5 Å². The number of aliphatic hydroxyl groups is 1. The van der Waals surface area contributed by atoms with Crippen LogP contribution in [0, 0.1) is 5.82 Å². The first-order valence-electron chi connectivity index (χ1n) is 6.17. The third-order valence-corrected chi connectivity index (χ3v) is 3.85. The number of halogens is 2. The standard InChI is InChI=1S/C15H13ClFNO/c1-2-18-12-5-3-9(8-19)7-10(12)14-13(18)6-4-11(17)15(14)16/h3-7,19H,2,8H2,1H3. The molecule has 0 radical (unpaired) electrons. The maximum absolute atomic E-state index is 13.7. The van der Waals surface area contributed by atoms with Gasteiger partial charge in [-0.2, -0.15) is 0 Å². The van der Waals surface area contributed by atoms with Gasteiger partial charge in [0, 0.05) is 22.8 Å². The number of hydrogen-bond acceptors (Lipinski definition) is 1. The second-order valence-electron chi connectivity index (χ2n) is 4.51. The van der Waals surface area contributed by atoms with E-state index in [1.807, 2.05) is 25.1 Å². The van der Waals surface area contributed by atoms with Crippen molar-refractivity contribution < 1.29 is 9.50 Å². The smallest absolute Gasteiger partial charge is 0.142 e. The van der Waals surface area contributed by atoms with E-state index in [1.165, 1.54) is 6.07 Å². The van der Waals surface area contributed by atoms with E-state index in [1.54, 1.807) is 6.07 Å². The number of nitrogens with zero attached hydrogens (tertiary/aromatic N) is 1. The van der Waals surface area contributed by atoms with Crippen molar-refractivity contribution in [2.24, 2.45) is 0 Å². The molecule has 1 heterocycles. The average molecular weight is 278 g/mol. The Labute approximate surface area is 115 Å². The predicted octanol–water partition coefficient (Wildman–Crippen LogP) is 4.10. The molecule has 0 amide bonds. The maximum Gasteiger partial charge on any atom is 0.142 e. The van der Waals surface area contributed by atoms with E-state index in [0.717, 1.165) is 28.5 Å². The Hall–Kier alpha value is -1.58. The molecular weight excluding hydrogens is 265 g/mol. The first kappa shape index (κ1) is 12.5. The number of rotatable bonds is 2. The monoisotopic (exact) mass is 277 g/mol. The van der Waals surface area contributed by atoms with Crippen LogP contribution in [-0.2, 0) is 13.2 Å². The number of aromatic nitrogens is 1. The van der Waals surface area contributed by atoms with E-state index in [0.29, 0.717) is 5.39 Å². The lowest BCUT2D eigenvalue weighted by Crippen LogP contribution is -1.93. The van der Waals surface area contributed by atoms with E-state index >= 15 is 0 Å². The Bertz CT molecular complexity index is 779. The summed E-state index contributed by atoms with van der Waals surface area (Å²) in [4.78, 5) is 0. The number of aryl methyl sites for hydroxylation is 1. The third kappa shape index (κ3) is 1.73. The van der Waals surface area contributed by atoms with Crippen molar-refractivity contribution in [2.45, 2.75) is 20.1 Å². The van der Waals surface area contributed by atoms with Crippen LogP contribution in [0.3, 0.4) is 0 Å². The molecule has 0 aliphatic rings. The molecule has 3 rings (SSSR count). The topological polar surface area (TPSA) is 25.2 Å². The van der Waals surface area contributed by atoms with Crippen molar-refractivity contribution in [1.82, 2.24) is 4.57 Å². The van der Waals surface area contributed by atoms with Crippen molar-refractivity contribution in [2.75, 3.05) is 0 Å². The fourth-order valence-corrected chi connectivity index (χ4v) is 2.87. The average Bonchev–Trinajstić information content (AvgIpc) is 2.75. The normalized spacial score (nSPS) is 11.6. The summed E-state index contributed by atoms with van der Waals surface area (Å²) in [5.74, 6) is -0.418. The minimum absolute atomic E-state index is 0.0400. The number of hydrogen-bond donors (Lipinski definition) is 1. The summed E-state index contributed by atoms with van der Waals surface area (Å²) in [6.45, 7) is 2.78. The van der Waals surface area contributed by atoms with E-state index in [9.17, 15) is 9.50 Å². The van der Waals surface area contributed by atoms with Gasteiger partial charge in [0.1, 0.15) is 5.82 Å². The van der Waals surface area contributed by atoms with Gasteiger partial charge in [-0.15, -0.1) is 0 Å². The van der Waals surface area contributed by atoms with Crippen LogP contribution in [0.15, 0.2) is 30.3 Å². The van der Waals surface area contributed by atoms with Gasteiger partial charge >= 0.3 is 0 Å². The van der Waals surface area contributed by atoms with Crippen molar-refractivity contribution in [1.29, 1.82) is 0 Å². The highest BCUT2D eigenvalue weighted by atomic mass is 35.5. The third-order valence-electron chi connectivity index (χ3n) is 3.48. The zero-order chi connectivity index (χ0) is 13.6. The molecule has 0 unspecified atom stereocenters. The zero-order valence-corrected chi connectivity index (χ0v) is 11.2. The van der Waals surface area contributed by atoms with Crippen LogP contribution in [0.2, 0.25) is 5.02 Å². The van der Waals surface area contributed by atoms with Crippen LogP contribution in [0.25, 0.3) is 21.8 Å². The number of benzene rings is 2. The van der Waals surface area contributed by atoms with Crippen molar-refractivity contribution in [3.05, 3.63) is 46.7 Å². The molecule has 2 nitrogen and oxygen atoms in total. The number of fused-ring (bicyclic) bond motifs is 3. The SMILES string of the molecule is CCn1c2ccc(CO)cc2c2c(Cl)c(F)ccc21. The van der Waals surface area contributed by atoms with E-state index in [-0.39, 0.29) is 11.6 Å². The Morgan fingerprint density at radius 1 is 1.21 bits per heavy atom. The molecule has 1 N–H and O–H groups in total. The molecular formula is C15H13ClFNO. The highest BCUT2D eigenvalue weighted by Gasteiger charge is 2.15. The van der Waals surface area contributed by atoms with E-state index in [2.05, 4.69) is 4.57 Å². The van der Waals surface area contributed by atoms with Gasteiger partial charge in [0.25, 0.3) is 0 Å². The summed E-state index contributed by atoms with van der Waals surface area (Å²) in [6.07, 6.45) is 0. The largest absolute Gasteiger partial charge is 0.392 e. The van der Waals surface area contributed by atoms with Crippen molar-refractivity contribution in [3.8, 4) is 0 Å². The first-order chi connectivity index (χ1) is 9.17. The minimum Gasteiger partial charge on any atom is -0.392 e. The lowest BCUT2D eigenvalue weighted by molar-refractivity contribution is 0.282. The number of aliphatic hydroxyl groups excluding tert-OH is 1. The second kappa shape index (κ2) is 4.51. The van der Waals surface area contributed by atoms with Gasteiger partial charge in [0.15, 0.2) is 0 Å². The maximum atomic E-state index is 13.7. The summed E-state index contributed by atoms with van der Waals surface area (Å²) in [5, 5.41) is 11.0. The minimum atomic E-state index is -0.418. The second-order valence-corrected chi connectivity index (χ2v) is 4.89. The zero-order valence-electron chi connectivity index (χ0n) is 10.5.